The largest absolute Gasteiger partial charge is 0.493 e. The van der Waals surface area contributed by atoms with Crippen molar-refractivity contribution >= 4 is 23.2 Å². The van der Waals surface area contributed by atoms with E-state index in [1.165, 1.54) is 12.1 Å². The molecule has 220 valence electrons. The smallest absolute Gasteiger partial charge is 0.270 e. The molecule has 1 atom stereocenters. The van der Waals surface area contributed by atoms with Crippen LogP contribution in [0, 0.1) is 10.1 Å². The number of nitrogens with one attached hydrogen (secondary N) is 2. The minimum atomic E-state index is -0.716. The van der Waals surface area contributed by atoms with E-state index < -0.39 is 11.0 Å². The number of amides is 1. The normalized spacial score (nSPS) is 13.9. The molecule has 44 heavy (non-hydrogen) atoms. The number of aromatic nitrogens is 3. The van der Waals surface area contributed by atoms with E-state index in [0.717, 1.165) is 5.56 Å². The molecule has 0 fully saturated rings. The van der Waals surface area contributed by atoms with Gasteiger partial charge in [0, 0.05) is 29.1 Å². The van der Waals surface area contributed by atoms with Gasteiger partial charge in [0.05, 0.1) is 17.6 Å². The number of fused-ring (bicyclic) bond motifs is 1. The molecule has 5 aromatic rings. The van der Waals surface area contributed by atoms with E-state index in [4.69, 9.17) is 14.6 Å². The van der Waals surface area contributed by atoms with Gasteiger partial charge in [-0.05, 0) is 42.3 Å². The molecule has 0 saturated heterocycles. The number of hydrogen-bond donors (Lipinski definition) is 2. The predicted molar refractivity (Wildman–Crippen MR) is 165 cm³/mol. The number of rotatable bonds is 9. The van der Waals surface area contributed by atoms with Crippen LogP contribution in [0.1, 0.15) is 24.1 Å². The second-order valence-electron chi connectivity index (χ2n) is 10.1. The van der Waals surface area contributed by atoms with E-state index >= 15 is 0 Å². The Morgan fingerprint density at radius 2 is 1.73 bits per heavy atom. The molecule has 0 aliphatic carbocycles. The maximum Gasteiger partial charge on any atom is 0.270 e. The van der Waals surface area contributed by atoms with E-state index in [9.17, 15) is 14.9 Å². The first-order chi connectivity index (χ1) is 21.4. The molecule has 11 heteroatoms. The second-order valence-corrected chi connectivity index (χ2v) is 10.1. The first-order valence-corrected chi connectivity index (χ1v) is 13.8. The Hall–Kier alpha value is -5.97. The molecule has 4 aromatic carbocycles. The van der Waals surface area contributed by atoms with Crippen LogP contribution in [0.25, 0.3) is 11.4 Å². The number of nitro groups is 1. The number of benzene rings is 4. The highest BCUT2D eigenvalue weighted by Gasteiger charge is 2.35. The number of non-ortho nitro benzene ring substituents is 1. The SMILES string of the molecule is COc1cc(C2C(C(=O)Nc3ccccc3)=C(C)Nc3nc(-c4cccc([N+](=O)[O-])c4)nn32)ccc1OCc1ccccc1. The lowest BCUT2D eigenvalue weighted by molar-refractivity contribution is -0.384. The summed E-state index contributed by atoms with van der Waals surface area (Å²) in [6.45, 7) is 2.15. The number of nitro benzene ring substituents is 1. The highest BCUT2D eigenvalue weighted by Crippen LogP contribution is 2.40. The number of methoxy groups -OCH3 is 1. The van der Waals surface area contributed by atoms with E-state index in [1.54, 1.807) is 36.9 Å². The summed E-state index contributed by atoms with van der Waals surface area (Å²) in [5, 5.41) is 22.3. The van der Waals surface area contributed by atoms with Crippen molar-refractivity contribution in [2.24, 2.45) is 0 Å². The molecule has 11 nitrogen and oxygen atoms in total. The van der Waals surface area contributed by atoms with Gasteiger partial charge in [-0.3, -0.25) is 14.9 Å². The Kier molecular flexibility index (Phi) is 7.75. The molecule has 0 radical (unpaired) electrons. The minimum Gasteiger partial charge on any atom is -0.493 e. The van der Waals surface area contributed by atoms with Gasteiger partial charge in [-0.2, -0.15) is 4.98 Å². The lowest BCUT2D eigenvalue weighted by Gasteiger charge is -2.29. The summed E-state index contributed by atoms with van der Waals surface area (Å²) in [6, 6.07) is 29.8. The Morgan fingerprint density at radius 1 is 0.977 bits per heavy atom. The summed E-state index contributed by atoms with van der Waals surface area (Å²) < 4.78 is 13.4. The molecule has 1 unspecified atom stereocenters. The molecule has 0 spiro atoms. The molecule has 2 N–H and O–H groups in total. The zero-order valence-electron chi connectivity index (χ0n) is 23.9. The number of ether oxygens (including phenoxy) is 2. The van der Waals surface area contributed by atoms with E-state index in [2.05, 4.69) is 15.6 Å². The number of carbonyl (C=O) groups excluding carboxylic acids is 1. The maximum atomic E-state index is 13.8. The highest BCUT2D eigenvalue weighted by atomic mass is 16.6. The topological polar surface area (TPSA) is 133 Å². The fourth-order valence-corrected chi connectivity index (χ4v) is 5.06. The van der Waals surface area contributed by atoms with Crippen molar-refractivity contribution in [1.82, 2.24) is 14.8 Å². The zero-order chi connectivity index (χ0) is 30.6. The van der Waals surface area contributed by atoms with Gasteiger partial charge >= 0.3 is 0 Å². The maximum absolute atomic E-state index is 13.8. The van der Waals surface area contributed by atoms with E-state index in [-0.39, 0.29) is 17.4 Å². The van der Waals surface area contributed by atoms with E-state index in [1.807, 2.05) is 72.8 Å². The molecule has 1 aliphatic heterocycles. The van der Waals surface area contributed by atoms with Crippen LogP contribution in [-0.2, 0) is 11.4 Å². The van der Waals surface area contributed by atoms with Crippen molar-refractivity contribution in [1.29, 1.82) is 0 Å². The lowest BCUT2D eigenvalue weighted by atomic mass is 9.94. The summed E-state index contributed by atoms with van der Waals surface area (Å²) in [5.74, 6) is 1.36. The molecule has 2 heterocycles. The Labute approximate surface area is 252 Å². The van der Waals surface area contributed by atoms with Gasteiger partial charge in [0.15, 0.2) is 17.3 Å². The fraction of sp³-hybridized carbons (Fsp3) is 0.121. The van der Waals surface area contributed by atoms with Gasteiger partial charge in [-0.25, -0.2) is 4.68 Å². The molecule has 0 bridgehead atoms. The third-order valence-corrected chi connectivity index (χ3v) is 7.18. The molecule has 6 rings (SSSR count). The summed E-state index contributed by atoms with van der Waals surface area (Å²) in [7, 11) is 1.56. The van der Waals surface area contributed by atoms with Crippen LogP contribution in [0.2, 0.25) is 0 Å². The Morgan fingerprint density at radius 3 is 2.45 bits per heavy atom. The van der Waals surface area contributed by atoms with Crippen molar-refractivity contribution in [3.05, 3.63) is 136 Å². The third-order valence-electron chi connectivity index (χ3n) is 7.18. The number of allylic oxidation sites excluding steroid dienone is 1. The van der Waals surface area contributed by atoms with Gasteiger partial charge in [-0.1, -0.05) is 66.7 Å². The number of hydrogen-bond acceptors (Lipinski definition) is 8. The first-order valence-electron chi connectivity index (χ1n) is 13.8. The fourth-order valence-electron chi connectivity index (χ4n) is 5.06. The standard InChI is InChI=1S/C33H28N6O5/c1-21-29(32(40)35-25-13-7-4-8-14-25)30(23-16-17-27(28(19-23)43-2)44-20-22-10-5-3-6-11-22)38-33(34-21)36-31(37-38)24-12-9-15-26(18-24)39(41)42/h3-19,30H,20H2,1-2H3,(H,35,40)(H,34,36,37). The summed E-state index contributed by atoms with van der Waals surface area (Å²) >= 11 is 0. The van der Waals surface area contributed by atoms with Gasteiger partial charge in [-0.15, -0.1) is 5.10 Å². The van der Waals surface area contributed by atoms with E-state index in [0.29, 0.717) is 52.1 Å². The monoisotopic (exact) mass is 588 g/mol. The average Bonchev–Trinajstić information content (AvgIpc) is 3.47. The Balaban J connectivity index is 1.41. The predicted octanol–water partition coefficient (Wildman–Crippen LogP) is 6.37. The molecular formula is C33H28N6O5. The van der Waals surface area contributed by atoms with Crippen molar-refractivity contribution in [3.63, 3.8) is 0 Å². The van der Waals surface area contributed by atoms with Crippen LogP contribution in [0.4, 0.5) is 17.3 Å². The third kappa shape index (κ3) is 5.71. The highest BCUT2D eigenvalue weighted by molar-refractivity contribution is 6.06. The second kappa shape index (κ2) is 12.1. The molecule has 1 amide bonds. The van der Waals surface area contributed by atoms with Crippen LogP contribution in [-0.4, -0.2) is 32.7 Å². The molecule has 1 aliphatic rings. The van der Waals surface area contributed by atoms with Crippen LogP contribution in [0.5, 0.6) is 11.5 Å². The van der Waals surface area contributed by atoms with Gasteiger partial charge in [0.25, 0.3) is 11.6 Å². The Bertz CT molecular complexity index is 1870. The number of para-hydroxylation sites is 1. The average molecular weight is 589 g/mol. The quantitative estimate of drug-likeness (QED) is 0.150. The summed E-state index contributed by atoms with van der Waals surface area (Å²) in [5.41, 5.74) is 3.74. The summed E-state index contributed by atoms with van der Waals surface area (Å²) in [6.07, 6.45) is 0. The van der Waals surface area contributed by atoms with Gasteiger partial charge < -0.3 is 20.1 Å². The van der Waals surface area contributed by atoms with Crippen molar-refractivity contribution in [2.75, 3.05) is 17.7 Å². The van der Waals surface area contributed by atoms with Gasteiger partial charge in [0.1, 0.15) is 12.6 Å². The van der Waals surface area contributed by atoms with Crippen molar-refractivity contribution in [3.8, 4) is 22.9 Å². The molecule has 0 saturated carbocycles. The number of anilines is 2. The number of carbonyl (C=O) groups is 1. The van der Waals surface area contributed by atoms with Crippen LogP contribution in [0.15, 0.2) is 114 Å². The van der Waals surface area contributed by atoms with Crippen molar-refractivity contribution in [2.45, 2.75) is 19.6 Å². The minimum absolute atomic E-state index is 0.0761. The van der Waals surface area contributed by atoms with Crippen molar-refractivity contribution < 1.29 is 19.2 Å². The zero-order valence-corrected chi connectivity index (χ0v) is 23.9. The van der Waals surface area contributed by atoms with Crippen LogP contribution >= 0.6 is 0 Å². The van der Waals surface area contributed by atoms with Crippen LogP contribution < -0.4 is 20.1 Å². The first kappa shape index (κ1) is 28.2. The number of nitrogens with zero attached hydrogens (tertiary/aromatic N) is 4. The lowest BCUT2D eigenvalue weighted by Crippen LogP contribution is -2.31. The molecule has 1 aromatic heterocycles. The summed E-state index contributed by atoms with van der Waals surface area (Å²) in [4.78, 5) is 29.4. The molecular weight excluding hydrogens is 560 g/mol. The van der Waals surface area contributed by atoms with Gasteiger partial charge in [0.2, 0.25) is 5.95 Å². The van der Waals surface area contributed by atoms with Crippen LogP contribution in [0.3, 0.4) is 0 Å².